The molecule has 0 radical (unpaired) electrons. The zero-order valence-corrected chi connectivity index (χ0v) is 20.7. The van der Waals surface area contributed by atoms with Crippen molar-refractivity contribution in [3.63, 3.8) is 0 Å². The minimum Gasteiger partial charge on any atom is -0.368 e. The zero-order chi connectivity index (χ0) is 24.3. The summed E-state index contributed by atoms with van der Waals surface area (Å²) < 4.78 is 31.5. The first-order valence-corrected chi connectivity index (χ1v) is 13.4. The van der Waals surface area contributed by atoms with Gasteiger partial charge in [-0.1, -0.05) is 0 Å². The number of nitrogens with one attached hydrogen (secondary N) is 2. The van der Waals surface area contributed by atoms with Crippen LogP contribution in [0, 0.1) is 12.3 Å². The molecule has 3 atom stereocenters. The zero-order valence-electron chi connectivity index (χ0n) is 19.9. The maximum atomic E-state index is 13.4. The Labute approximate surface area is 200 Å². The first-order valence-electron chi connectivity index (χ1n) is 11.9. The Kier molecular flexibility index (Phi) is 5.62. The summed E-state index contributed by atoms with van der Waals surface area (Å²) in [7, 11) is -3.71. The number of carbonyl (C=O) groups is 1. The molecule has 10 heteroatoms. The lowest BCUT2D eigenvalue weighted by molar-refractivity contribution is -0.124. The lowest BCUT2D eigenvalue weighted by Crippen LogP contribution is -2.54. The first-order chi connectivity index (χ1) is 16.1. The molecule has 1 unspecified atom stereocenters. The monoisotopic (exact) mass is 484 g/mol. The summed E-state index contributed by atoms with van der Waals surface area (Å²) in [6.45, 7) is 8.77. The molecule has 182 valence electrons. The Morgan fingerprint density at radius 3 is 2.59 bits per heavy atom. The van der Waals surface area contributed by atoms with Crippen molar-refractivity contribution < 1.29 is 13.2 Å². The van der Waals surface area contributed by atoms with Crippen molar-refractivity contribution in [2.24, 2.45) is 0 Å². The van der Waals surface area contributed by atoms with E-state index in [4.69, 9.17) is 6.42 Å². The van der Waals surface area contributed by atoms with E-state index in [1.807, 2.05) is 17.8 Å². The number of sulfonamides is 1. The molecule has 34 heavy (non-hydrogen) atoms. The molecule has 9 nitrogen and oxygen atoms in total. The normalized spacial score (nSPS) is 26.6. The van der Waals surface area contributed by atoms with E-state index in [1.54, 1.807) is 17.0 Å². The van der Waals surface area contributed by atoms with Crippen LogP contribution in [0.2, 0.25) is 0 Å². The van der Waals surface area contributed by atoms with Gasteiger partial charge in [0.2, 0.25) is 10.0 Å². The number of carbonyl (C=O) groups excluding carboxylic acids is 1. The Morgan fingerprint density at radius 2 is 1.94 bits per heavy atom. The average molecular weight is 485 g/mol. The van der Waals surface area contributed by atoms with Gasteiger partial charge in [0, 0.05) is 54.9 Å². The number of hydrogen-bond donors (Lipinski definition) is 2. The average Bonchev–Trinajstić information content (AvgIpc) is 3.17. The van der Waals surface area contributed by atoms with Gasteiger partial charge < -0.3 is 15.1 Å². The number of hydrogen-bond acceptors (Lipinski definition) is 6. The van der Waals surface area contributed by atoms with Crippen molar-refractivity contribution in [2.45, 2.75) is 68.6 Å². The van der Waals surface area contributed by atoms with Crippen LogP contribution in [-0.2, 0) is 14.8 Å². The summed E-state index contributed by atoms with van der Waals surface area (Å²) in [4.78, 5) is 16.1. The number of rotatable bonds is 5. The van der Waals surface area contributed by atoms with Gasteiger partial charge in [0.25, 0.3) is 5.91 Å². The molecule has 5 rings (SSSR count). The van der Waals surface area contributed by atoms with E-state index in [1.165, 1.54) is 0 Å². The van der Waals surface area contributed by atoms with Crippen molar-refractivity contribution >= 4 is 32.5 Å². The van der Waals surface area contributed by atoms with Crippen LogP contribution < -0.4 is 14.9 Å². The molecule has 1 amide bonds. The molecule has 2 aromatic rings. The Balaban J connectivity index is 1.59. The van der Waals surface area contributed by atoms with Gasteiger partial charge >= 0.3 is 0 Å². The van der Waals surface area contributed by atoms with Crippen LogP contribution in [0.3, 0.4) is 0 Å². The highest BCUT2D eigenvalue weighted by molar-refractivity contribution is 7.89. The number of benzene rings is 1. The van der Waals surface area contributed by atoms with Gasteiger partial charge in [-0.25, -0.2) is 13.1 Å². The Hall–Kier alpha value is -2.61. The summed E-state index contributed by atoms with van der Waals surface area (Å²) in [6, 6.07) is 4.00. The second kappa shape index (κ2) is 8.26. The third-order valence-electron chi connectivity index (χ3n) is 7.18. The minimum absolute atomic E-state index is 0.0598. The summed E-state index contributed by atoms with van der Waals surface area (Å²) in [5.41, 5.74) is 1.27. The molecule has 1 aliphatic carbocycles. The number of aromatic nitrogens is 2. The third-order valence-corrected chi connectivity index (χ3v) is 8.79. The molecule has 0 bridgehead atoms. The van der Waals surface area contributed by atoms with Crippen LogP contribution in [0.1, 0.15) is 46.1 Å². The molecule has 3 fully saturated rings. The highest BCUT2D eigenvalue weighted by Crippen LogP contribution is 2.38. The van der Waals surface area contributed by atoms with Crippen LogP contribution in [-0.4, -0.2) is 72.8 Å². The van der Waals surface area contributed by atoms with Gasteiger partial charge in [0.1, 0.15) is 0 Å². The van der Waals surface area contributed by atoms with Crippen molar-refractivity contribution in [3.05, 3.63) is 18.3 Å². The van der Waals surface area contributed by atoms with Crippen molar-refractivity contribution in [1.29, 1.82) is 0 Å². The molecule has 0 spiro atoms. The standard InChI is InChI=1S/C24H32N6O3S/c1-5-23(31)28-9-6-18(15-28)30-22-11-19(34(32,33)27-24(4)7-8-24)10-21(20(22)12-25-30)29-13-16(2)26-17(3)14-29/h1,10-12,16-18,26-27H,6-9,13-15H2,2-4H3/t16-,17+,18?. The van der Waals surface area contributed by atoms with E-state index in [0.29, 0.717) is 19.5 Å². The number of likely N-dealkylation sites (tertiary alicyclic amines) is 1. The van der Waals surface area contributed by atoms with Crippen LogP contribution >= 0.6 is 0 Å². The third kappa shape index (κ3) is 4.28. The maximum absolute atomic E-state index is 13.4. The van der Waals surface area contributed by atoms with Gasteiger partial charge in [-0.2, -0.15) is 5.10 Å². The first kappa shape index (κ1) is 23.1. The van der Waals surface area contributed by atoms with E-state index >= 15 is 0 Å². The van der Waals surface area contributed by atoms with E-state index in [2.05, 4.69) is 39.8 Å². The summed E-state index contributed by atoms with van der Waals surface area (Å²) in [5.74, 6) is 1.86. The predicted octanol–water partition coefficient (Wildman–Crippen LogP) is 1.46. The predicted molar refractivity (Wildman–Crippen MR) is 131 cm³/mol. The van der Waals surface area contributed by atoms with E-state index in [9.17, 15) is 13.2 Å². The van der Waals surface area contributed by atoms with Crippen molar-refractivity contribution in [1.82, 2.24) is 24.7 Å². The van der Waals surface area contributed by atoms with Crippen LogP contribution in [0.25, 0.3) is 10.9 Å². The Bertz CT molecular complexity index is 1270. The largest absolute Gasteiger partial charge is 0.368 e. The fourth-order valence-electron chi connectivity index (χ4n) is 5.22. The second-order valence-corrected chi connectivity index (χ2v) is 12.0. The van der Waals surface area contributed by atoms with Crippen molar-refractivity contribution in [2.75, 3.05) is 31.1 Å². The van der Waals surface area contributed by atoms with Gasteiger partial charge in [0.15, 0.2) is 0 Å². The Morgan fingerprint density at radius 1 is 1.24 bits per heavy atom. The maximum Gasteiger partial charge on any atom is 0.298 e. The number of amides is 1. The quantitative estimate of drug-likeness (QED) is 0.624. The topological polar surface area (TPSA) is 99.6 Å². The van der Waals surface area contributed by atoms with E-state index < -0.39 is 10.0 Å². The van der Waals surface area contributed by atoms with Gasteiger partial charge in [-0.3, -0.25) is 9.48 Å². The molecule has 2 aliphatic heterocycles. The molecular weight excluding hydrogens is 452 g/mol. The highest BCUT2D eigenvalue weighted by Gasteiger charge is 2.41. The molecule has 2 N–H and O–H groups in total. The van der Waals surface area contributed by atoms with Gasteiger partial charge in [-0.15, -0.1) is 6.42 Å². The molecule has 3 heterocycles. The van der Waals surface area contributed by atoms with Crippen LogP contribution in [0.5, 0.6) is 0 Å². The van der Waals surface area contributed by atoms with Crippen molar-refractivity contribution in [3.8, 4) is 12.3 Å². The lowest BCUT2D eigenvalue weighted by atomic mass is 10.1. The molecule has 1 aromatic heterocycles. The fourth-order valence-corrected chi connectivity index (χ4v) is 6.73. The number of terminal acetylenes is 1. The van der Waals surface area contributed by atoms with Gasteiger partial charge in [-0.05, 0) is 58.1 Å². The molecule has 1 aromatic carbocycles. The number of anilines is 1. The molecule has 3 aliphatic rings. The number of nitrogens with zero attached hydrogens (tertiary/aromatic N) is 4. The van der Waals surface area contributed by atoms with Gasteiger partial charge in [0.05, 0.1) is 22.7 Å². The second-order valence-electron chi connectivity index (χ2n) is 10.3. The molecular formula is C24H32N6O3S. The number of fused-ring (bicyclic) bond motifs is 1. The SMILES string of the molecule is C#CC(=O)N1CCC(n2ncc3c(N4C[C@@H](C)N[C@@H](C)C4)cc(S(=O)(=O)NC4(C)CC4)cc32)C1. The minimum atomic E-state index is -3.71. The summed E-state index contributed by atoms with van der Waals surface area (Å²) in [5, 5.41) is 9.12. The lowest BCUT2D eigenvalue weighted by Gasteiger charge is -2.38. The molecule has 2 saturated heterocycles. The molecule has 1 saturated carbocycles. The number of piperazine rings is 1. The fraction of sp³-hybridized carbons (Fsp3) is 0.583. The van der Waals surface area contributed by atoms with Crippen LogP contribution in [0.4, 0.5) is 5.69 Å². The summed E-state index contributed by atoms with van der Waals surface area (Å²) in [6.07, 6.45) is 9.52. The van der Waals surface area contributed by atoms with E-state index in [-0.39, 0.29) is 34.5 Å². The summed E-state index contributed by atoms with van der Waals surface area (Å²) >= 11 is 0. The smallest absolute Gasteiger partial charge is 0.298 e. The van der Waals surface area contributed by atoms with E-state index in [0.717, 1.165) is 42.5 Å². The van der Waals surface area contributed by atoms with Crippen LogP contribution in [0.15, 0.2) is 23.2 Å². The highest BCUT2D eigenvalue weighted by atomic mass is 32.2.